The first-order valence-corrected chi connectivity index (χ1v) is 15.2. The quantitative estimate of drug-likeness (QED) is 0.280. The number of ether oxygens (including phenoxy) is 2. The maximum atomic E-state index is 13.2. The van der Waals surface area contributed by atoms with E-state index in [1.54, 1.807) is 41.3 Å². The second-order valence-corrected chi connectivity index (χ2v) is 13.0. The second kappa shape index (κ2) is 14.7. The standard InChI is InChI=1S/C32H41F3N8O4/c1-30(2,3)42-29(45)43-15-6-16-46-24-13-7-21(8-14-24)17-36-26-39-27(41-28(40-26)47-20-32(33,34)35)38-23-11-9-22(10-12-23)25(44)37-18-31(4,5)19-43/h7-14H,6,15-20H2,1-5H3,(H,37,44)(H,42,45)(H2,36,38,39,40,41). The molecule has 47 heavy (non-hydrogen) atoms. The highest BCUT2D eigenvalue weighted by Gasteiger charge is 2.30. The highest BCUT2D eigenvalue weighted by molar-refractivity contribution is 5.94. The lowest BCUT2D eigenvalue weighted by Crippen LogP contribution is -2.52. The number of alkyl halides is 3. The van der Waals surface area contributed by atoms with Crippen LogP contribution >= 0.6 is 0 Å². The van der Waals surface area contributed by atoms with Gasteiger partial charge < -0.3 is 35.6 Å². The van der Waals surface area contributed by atoms with E-state index in [4.69, 9.17) is 9.47 Å². The van der Waals surface area contributed by atoms with Crippen LogP contribution in [-0.2, 0) is 6.54 Å². The van der Waals surface area contributed by atoms with Crippen LogP contribution in [0.25, 0.3) is 0 Å². The van der Waals surface area contributed by atoms with Crippen LogP contribution in [0.4, 0.5) is 35.5 Å². The highest BCUT2D eigenvalue weighted by atomic mass is 19.4. The van der Waals surface area contributed by atoms with Crippen LogP contribution in [0.3, 0.4) is 0 Å². The molecule has 7 rings (SSSR count). The minimum atomic E-state index is -4.58. The van der Waals surface area contributed by atoms with E-state index in [9.17, 15) is 22.8 Å². The van der Waals surface area contributed by atoms with Gasteiger partial charge in [-0.2, -0.15) is 28.1 Å². The Kier molecular flexibility index (Phi) is 11.0. The number of nitrogens with one attached hydrogen (secondary N) is 4. The molecule has 0 saturated heterocycles. The van der Waals surface area contributed by atoms with Crippen molar-refractivity contribution in [2.24, 2.45) is 5.41 Å². The van der Waals surface area contributed by atoms with E-state index in [0.717, 1.165) is 5.56 Å². The molecule has 0 radical (unpaired) electrons. The first-order valence-electron chi connectivity index (χ1n) is 15.2. The molecule has 2 aromatic carbocycles. The zero-order chi connectivity index (χ0) is 34.2. The molecule has 3 amide bonds. The number of anilines is 3. The van der Waals surface area contributed by atoms with Gasteiger partial charge in [0.25, 0.3) is 5.91 Å². The Balaban J connectivity index is 1.58. The number of nitrogens with zero attached hydrogens (tertiary/aromatic N) is 4. The highest BCUT2D eigenvalue weighted by Crippen LogP contribution is 2.22. The van der Waals surface area contributed by atoms with Crippen molar-refractivity contribution in [3.8, 4) is 11.8 Å². The Morgan fingerprint density at radius 3 is 2.34 bits per heavy atom. The predicted molar refractivity (Wildman–Crippen MR) is 171 cm³/mol. The summed E-state index contributed by atoms with van der Waals surface area (Å²) >= 11 is 0. The van der Waals surface area contributed by atoms with Crippen LogP contribution in [0, 0.1) is 5.41 Å². The molecule has 1 aromatic heterocycles. The van der Waals surface area contributed by atoms with E-state index in [1.165, 1.54) is 0 Å². The monoisotopic (exact) mass is 658 g/mol. The van der Waals surface area contributed by atoms with E-state index >= 15 is 0 Å². The fourth-order valence-corrected chi connectivity index (χ4v) is 4.51. The lowest BCUT2D eigenvalue weighted by atomic mass is 9.92. The number of hydrogen-bond donors (Lipinski definition) is 4. The number of rotatable bonds is 2. The number of halogens is 3. The van der Waals surface area contributed by atoms with Gasteiger partial charge in [-0.1, -0.05) is 26.0 Å². The lowest BCUT2D eigenvalue weighted by Gasteiger charge is -2.35. The van der Waals surface area contributed by atoms with Crippen molar-refractivity contribution in [2.75, 3.05) is 43.5 Å². The predicted octanol–water partition coefficient (Wildman–Crippen LogP) is 5.52. The van der Waals surface area contributed by atoms with Gasteiger partial charge in [0.15, 0.2) is 6.61 Å². The summed E-state index contributed by atoms with van der Waals surface area (Å²) in [5.41, 5.74) is 0.813. The fraction of sp³-hybridized carbons (Fsp3) is 0.469. The van der Waals surface area contributed by atoms with Crippen molar-refractivity contribution >= 4 is 29.5 Å². The Morgan fingerprint density at radius 1 is 1.00 bits per heavy atom. The van der Waals surface area contributed by atoms with Crippen molar-refractivity contribution in [3.63, 3.8) is 0 Å². The van der Waals surface area contributed by atoms with Crippen LogP contribution in [-0.4, -0.2) is 76.4 Å². The van der Waals surface area contributed by atoms with Crippen LogP contribution in [0.1, 0.15) is 57.0 Å². The first-order chi connectivity index (χ1) is 22.0. The topological polar surface area (TPSA) is 143 Å². The molecule has 0 aliphatic carbocycles. The summed E-state index contributed by atoms with van der Waals surface area (Å²) in [6, 6.07) is 13.0. The third-order valence-electron chi connectivity index (χ3n) is 6.71. The summed E-state index contributed by atoms with van der Waals surface area (Å²) in [5, 5.41) is 11.9. The molecule has 6 bridgehead atoms. The number of hydrogen-bond acceptors (Lipinski definition) is 9. The summed E-state index contributed by atoms with van der Waals surface area (Å²) in [6.07, 6.45) is -4.01. The van der Waals surface area contributed by atoms with Gasteiger partial charge in [-0.05, 0) is 74.6 Å². The minimum absolute atomic E-state index is 0.00637. The largest absolute Gasteiger partial charge is 0.494 e. The summed E-state index contributed by atoms with van der Waals surface area (Å²) in [6.45, 7) is 9.90. The number of carbonyl (C=O) groups excluding carboxylic acids is 2. The zero-order valence-electron chi connectivity index (χ0n) is 27.1. The third-order valence-corrected chi connectivity index (χ3v) is 6.71. The minimum Gasteiger partial charge on any atom is -0.494 e. The molecule has 0 unspecified atom stereocenters. The van der Waals surface area contributed by atoms with Crippen molar-refractivity contribution in [1.82, 2.24) is 30.5 Å². The molecule has 4 N–H and O–H groups in total. The first kappa shape index (κ1) is 35.0. The summed E-state index contributed by atoms with van der Waals surface area (Å²) in [4.78, 5) is 40.2. The summed E-state index contributed by atoms with van der Waals surface area (Å²) in [5.74, 6) is 0.264. The van der Waals surface area contributed by atoms with Gasteiger partial charge in [0.05, 0.1) is 6.61 Å². The van der Waals surface area contributed by atoms with E-state index < -0.39 is 29.7 Å². The average Bonchev–Trinajstić information content (AvgIpc) is 2.98. The molecule has 0 saturated carbocycles. The number of aromatic nitrogens is 3. The van der Waals surface area contributed by atoms with E-state index in [0.29, 0.717) is 49.7 Å². The SMILES string of the molecule is CC1(C)CNC(=O)c2ccc(cc2)Nc2nc(nc(OCC(F)(F)F)n2)NCc2ccc(cc2)OCCCN(C(=O)NC(C)(C)C)C1. The molecule has 0 spiro atoms. The normalized spacial score (nSPS) is 16.2. The molecule has 15 heteroatoms. The fourth-order valence-electron chi connectivity index (χ4n) is 4.51. The lowest BCUT2D eigenvalue weighted by molar-refractivity contribution is -0.154. The van der Waals surface area contributed by atoms with E-state index in [1.807, 2.05) is 46.8 Å². The maximum Gasteiger partial charge on any atom is 0.422 e. The molecule has 0 fully saturated rings. The van der Waals surface area contributed by atoms with Gasteiger partial charge in [0.1, 0.15) is 5.75 Å². The van der Waals surface area contributed by atoms with Crippen molar-refractivity contribution in [1.29, 1.82) is 0 Å². The van der Waals surface area contributed by atoms with Gasteiger partial charge >= 0.3 is 18.2 Å². The molecule has 3 aromatic rings. The molecule has 254 valence electrons. The van der Waals surface area contributed by atoms with Crippen molar-refractivity contribution in [3.05, 3.63) is 59.7 Å². The number of carbonyl (C=O) groups is 2. The Labute approximate surface area is 271 Å². The number of benzene rings is 2. The molecule has 5 heterocycles. The van der Waals surface area contributed by atoms with E-state index in [-0.39, 0.29) is 30.4 Å². The average molecular weight is 659 g/mol. The number of amides is 3. The summed E-state index contributed by atoms with van der Waals surface area (Å²) in [7, 11) is 0. The Bertz CT molecular complexity index is 1510. The van der Waals surface area contributed by atoms with Crippen LogP contribution in [0.15, 0.2) is 48.5 Å². The second-order valence-electron chi connectivity index (χ2n) is 13.0. The smallest absolute Gasteiger partial charge is 0.422 e. The molecule has 12 nitrogen and oxygen atoms in total. The van der Waals surface area contributed by atoms with E-state index in [2.05, 4.69) is 36.2 Å². The van der Waals surface area contributed by atoms with Crippen molar-refractivity contribution in [2.45, 2.75) is 59.3 Å². The van der Waals surface area contributed by atoms with Gasteiger partial charge in [-0.25, -0.2) is 4.79 Å². The Morgan fingerprint density at radius 2 is 1.68 bits per heavy atom. The number of urea groups is 1. The van der Waals surface area contributed by atoms with Gasteiger partial charge in [-0.3, -0.25) is 4.79 Å². The van der Waals surface area contributed by atoms with Gasteiger partial charge in [0, 0.05) is 43.0 Å². The van der Waals surface area contributed by atoms with Crippen molar-refractivity contribution < 1.29 is 32.2 Å². The van der Waals surface area contributed by atoms with Crippen LogP contribution < -0.4 is 30.7 Å². The third kappa shape index (κ3) is 11.8. The van der Waals surface area contributed by atoms with Crippen LogP contribution in [0.5, 0.6) is 11.8 Å². The molecule has 4 aliphatic heterocycles. The van der Waals surface area contributed by atoms with Gasteiger partial charge in [-0.15, -0.1) is 0 Å². The molecular formula is C32H41F3N8O4. The van der Waals surface area contributed by atoms with Crippen LogP contribution in [0.2, 0.25) is 0 Å². The molecule has 0 atom stereocenters. The van der Waals surface area contributed by atoms with Gasteiger partial charge in [0.2, 0.25) is 11.9 Å². The maximum absolute atomic E-state index is 13.2. The molecule has 4 aliphatic rings. The Hall–Kier alpha value is -4.82. The zero-order valence-corrected chi connectivity index (χ0v) is 27.1. The summed E-state index contributed by atoms with van der Waals surface area (Å²) < 4.78 is 49.2. The molecular weight excluding hydrogens is 617 g/mol.